The number of nitrogens with one attached hydrogen (secondary N) is 1. The van der Waals surface area contributed by atoms with Crippen molar-refractivity contribution in [1.82, 2.24) is 9.97 Å². The van der Waals surface area contributed by atoms with Crippen molar-refractivity contribution in [2.75, 3.05) is 0 Å². The fourth-order valence-electron chi connectivity index (χ4n) is 1.59. The van der Waals surface area contributed by atoms with Crippen molar-refractivity contribution in [3.63, 3.8) is 0 Å². The molecule has 1 aromatic heterocycles. The van der Waals surface area contributed by atoms with Crippen LogP contribution in [0.5, 0.6) is 0 Å². The summed E-state index contributed by atoms with van der Waals surface area (Å²) in [5.41, 5.74) is 2.60. The van der Waals surface area contributed by atoms with E-state index in [-0.39, 0.29) is 5.69 Å². The summed E-state index contributed by atoms with van der Waals surface area (Å²) in [6, 6.07) is 5.12. The minimum atomic E-state index is -0.380. The Bertz CT molecular complexity index is 635. The summed E-state index contributed by atoms with van der Waals surface area (Å²) in [7, 11) is 0. The maximum Gasteiger partial charge on any atom is 0.345 e. The molecule has 0 fully saturated rings. The van der Waals surface area contributed by atoms with E-state index in [0.29, 0.717) is 21.3 Å². The van der Waals surface area contributed by atoms with Crippen molar-refractivity contribution in [3.05, 3.63) is 50.0 Å². The number of aromatic amines is 1. The molecule has 0 atom stereocenters. The van der Waals surface area contributed by atoms with Crippen LogP contribution in [0.1, 0.15) is 11.3 Å². The molecule has 0 amide bonds. The highest BCUT2D eigenvalue weighted by Crippen LogP contribution is 2.30. The van der Waals surface area contributed by atoms with Gasteiger partial charge in [-0.15, -0.1) is 0 Å². The van der Waals surface area contributed by atoms with Crippen LogP contribution in [0.25, 0.3) is 11.3 Å². The summed E-state index contributed by atoms with van der Waals surface area (Å²) >= 11 is 11.9. The zero-order chi connectivity index (χ0) is 12.6. The minimum absolute atomic E-state index is 0.380. The van der Waals surface area contributed by atoms with Gasteiger partial charge in [0, 0.05) is 16.3 Å². The standard InChI is InChI=1S/C12H10Cl2N2O/c1-6-7(2)15-12(17)16-11(6)9-4-3-8(13)5-10(9)14/h3-5H,1-2H3,(H,15,16,17). The van der Waals surface area contributed by atoms with Crippen LogP contribution in [0.15, 0.2) is 23.0 Å². The van der Waals surface area contributed by atoms with E-state index in [1.807, 2.05) is 13.8 Å². The molecule has 0 aliphatic rings. The zero-order valence-corrected chi connectivity index (χ0v) is 10.9. The highest BCUT2D eigenvalue weighted by atomic mass is 35.5. The van der Waals surface area contributed by atoms with Crippen LogP contribution in [-0.4, -0.2) is 9.97 Å². The van der Waals surface area contributed by atoms with E-state index in [1.165, 1.54) is 0 Å². The maximum absolute atomic E-state index is 11.4. The first kappa shape index (κ1) is 12.1. The van der Waals surface area contributed by atoms with Crippen molar-refractivity contribution in [3.8, 4) is 11.3 Å². The molecule has 2 aromatic rings. The van der Waals surface area contributed by atoms with Crippen LogP contribution in [0.3, 0.4) is 0 Å². The largest absolute Gasteiger partial charge is 0.345 e. The summed E-state index contributed by atoms with van der Waals surface area (Å²) in [5.74, 6) is 0. The minimum Gasteiger partial charge on any atom is -0.310 e. The Morgan fingerprint density at radius 1 is 1.24 bits per heavy atom. The molecule has 1 N–H and O–H groups in total. The number of nitrogens with zero attached hydrogens (tertiary/aromatic N) is 1. The SMILES string of the molecule is Cc1[nH]c(=O)nc(-c2ccc(Cl)cc2Cl)c1C. The lowest BCUT2D eigenvalue weighted by atomic mass is 10.1. The molecule has 0 spiro atoms. The van der Waals surface area contributed by atoms with Crippen LogP contribution in [0, 0.1) is 13.8 Å². The highest BCUT2D eigenvalue weighted by molar-refractivity contribution is 6.36. The molecular weight excluding hydrogens is 259 g/mol. The van der Waals surface area contributed by atoms with E-state index in [4.69, 9.17) is 23.2 Å². The first-order chi connectivity index (χ1) is 7.99. The Morgan fingerprint density at radius 2 is 1.94 bits per heavy atom. The number of rotatable bonds is 1. The summed E-state index contributed by atoms with van der Waals surface area (Å²) in [6.07, 6.45) is 0. The van der Waals surface area contributed by atoms with Crippen LogP contribution < -0.4 is 5.69 Å². The first-order valence-electron chi connectivity index (χ1n) is 5.02. The van der Waals surface area contributed by atoms with Gasteiger partial charge in [-0.25, -0.2) is 4.79 Å². The van der Waals surface area contributed by atoms with E-state index in [2.05, 4.69) is 9.97 Å². The molecule has 88 valence electrons. The molecule has 0 radical (unpaired) electrons. The Morgan fingerprint density at radius 3 is 2.59 bits per heavy atom. The summed E-state index contributed by atoms with van der Waals surface area (Å²) in [5, 5.41) is 1.04. The molecule has 2 rings (SSSR count). The number of H-pyrrole nitrogens is 1. The fourth-order valence-corrected chi connectivity index (χ4v) is 2.09. The lowest BCUT2D eigenvalue weighted by Crippen LogP contribution is -2.14. The molecule has 17 heavy (non-hydrogen) atoms. The van der Waals surface area contributed by atoms with Gasteiger partial charge < -0.3 is 4.98 Å². The van der Waals surface area contributed by atoms with E-state index in [1.54, 1.807) is 18.2 Å². The highest BCUT2D eigenvalue weighted by Gasteiger charge is 2.11. The number of aromatic nitrogens is 2. The van der Waals surface area contributed by atoms with Crippen LogP contribution in [-0.2, 0) is 0 Å². The van der Waals surface area contributed by atoms with Gasteiger partial charge in [0.05, 0.1) is 10.7 Å². The van der Waals surface area contributed by atoms with Crippen molar-refractivity contribution in [2.24, 2.45) is 0 Å². The monoisotopic (exact) mass is 268 g/mol. The first-order valence-corrected chi connectivity index (χ1v) is 5.77. The quantitative estimate of drug-likeness (QED) is 0.862. The fraction of sp³-hybridized carbons (Fsp3) is 0.167. The van der Waals surface area contributed by atoms with Crippen LogP contribution in [0.2, 0.25) is 10.0 Å². The van der Waals surface area contributed by atoms with Gasteiger partial charge in [-0.05, 0) is 37.6 Å². The topological polar surface area (TPSA) is 45.8 Å². The van der Waals surface area contributed by atoms with Gasteiger partial charge in [0.2, 0.25) is 0 Å². The van der Waals surface area contributed by atoms with Crippen molar-refractivity contribution < 1.29 is 0 Å². The second-order valence-corrected chi connectivity index (χ2v) is 4.61. The molecule has 0 aliphatic carbocycles. The van der Waals surface area contributed by atoms with Crippen LogP contribution >= 0.6 is 23.2 Å². The molecule has 1 heterocycles. The lowest BCUT2D eigenvalue weighted by Gasteiger charge is -2.08. The molecule has 0 saturated heterocycles. The summed E-state index contributed by atoms with van der Waals surface area (Å²) in [4.78, 5) is 18.0. The van der Waals surface area contributed by atoms with E-state index >= 15 is 0 Å². The third kappa shape index (κ3) is 2.35. The second kappa shape index (κ2) is 4.51. The molecule has 0 saturated carbocycles. The predicted molar refractivity (Wildman–Crippen MR) is 69.8 cm³/mol. The molecule has 0 aliphatic heterocycles. The molecule has 0 bridgehead atoms. The molecular formula is C12H10Cl2N2O. The predicted octanol–water partition coefficient (Wildman–Crippen LogP) is 3.36. The smallest absolute Gasteiger partial charge is 0.310 e. The molecule has 3 nitrogen and oxygen atoms in total. The Kier molecular flexibility index (Phi) is 3.22. The number of benzene rings is 1. The number of hydrogen-bond donors (Lipinski definition) is 1. The van der Waals surface area contributed by atoms with Crippen molar-refractivity contribution >= 4 is 23.2 Å². The third-order valence-corrected chi connectivity index (χ3v) is 3.16. The Labute approximate surface area is 108 Å². The van der Waals surface area contributed by atoms with Gasteiger partial charge in [0.1, 0.15) is 0 Å². The van der Waals surface area contributed by atoms with Gasteiger partial charge in [-0.1, -0.05) is 23.2 Å². The maximum atomic E-state index is 11.4. The molecule has 1 aromatic carbocycles. The summed E-state index contributed by atoms with van der Waals surface area (Å²) in [6.45, 7) is 3.71. The number of aryl methyl sites for hydroxylation is 1. The second-order valence-electron chi connectivity index (χ2n) is 3.76. The van der Waals surface area contributed by atoms with Gasteiger partial charge in [0.15, 0.2) is 0 Å². The van der Waals surface area contributed by atoms with Crippen LogP contribution in [0.4, 0.5) is 0 Å². The van der Waals surface area contributed by atoms with E-state index in [0.717, 1.165) is 11.3 Å². The van der Waals surface area contributed by atoms with Crippen molar-refractivity contribution in [2.45, 2.75) is 13.8 Å². The summed E-state index contributed by atoms with van der Waals surface area (Å²) < 4.78 is 0. The number of hydrogen-bond acceptors (Lipinski definition) is 2. The Hall–Kier alpha value is -1.32. The Balaban J connectivity index is 2.72. The average molecular weight is 269 g/mol. The lowest BCUT2D eigenvalue weighted by molar-refractivity contribution is 1.00. The van der Waals surface area contributed by atoms with Gasteiger partial charge in [-0.2, -0.15) is 4.98 Å². The van der Waals surface area contributed by atoms with Gasteiger partial charge in [0.25, 0.3) is 0 Å². The van der Waals surface area contributed by atoms with Crippen molar-refractivity contribution in [1.29, 1.82) is 0 Å². The molecule has 0 unspecified atom stereocenters. The molecule has 5 heteroatoms. The third-order valence-electron chi connectivity index (χ3n) is 2.61. The van der Waals surface area contributed by atoms with E-state index in [9.17, 15) is 4.79 Å². The van der Waals surface area contributed by atoms with Gasteiger partial charge >= 0.3 is 5.69 Å². The normalized spacial score (nSPS) is 10.6. The average Bonchev–Trinajstić information content (AvgIpc) is 2.24. The zero-order valence-electron chi connectivity index (χ0n) is 9.34. The number of halogens is 2. The van der Waals surface area contributed by atoms with E-state index < -0.39 is 0 Å². The van der Waals surface area contributed by atoms with Gasteiger partial charge in [-0.3, -0.25) is 0 Å².